The van der Waals surface area contributed by atoms with Gasteiger partial charge < -0.3 is 20.7 Å². The molecule has 2 rings (SSSR count). The van der Waals surface area contributed by atoms with Crippen molar-refractivity contribution in [2.75, 3.05) is 37.5 Å². The van der Waals surface area contributed by atoms with Gasteiger partial charge in [-0.05, 0) is 43.2 Å². The van der Waals surface area contributed by atoms with Crippen LogP contribution in [0.1, 0.15) is 12.8 Å². The van der Waals surface area contributed by atoms with E-state index >= 15 is 0 Å². The number of methoxy groups -OCH3 is 1. The number of nitrogens with one attached hydrogen (secondary N) is 1. The minimum Gasteiger partial charge on any atom is -0.495 e. The van der Waals surface area contributed by atoms with Gasteiger partial charge in [0, 0.05) is 31.5 Å². The van der Waals surface area contributed by atoms with Gasteiger partial charge in [0.15, 0.2) is 5.96 Å². The summed E-state index contributed by atoms with van der Waals surface area (Å²) < 4.78 is 5.12. The molecule has 0 heterocycles. The zero-order valence-corrected chi connectivity index (χ0v) is 15.5. The molecule has 2 aromatic carbocycles. The van der Waals surface area contributed by atoms with E-state index in [1.54, 1.807) is 19.2 Å². The first-order valence-electron chi connectivity index (χ1n) is 8.27. The van der Waals surface area contributed by atoms with Crippen LogP contribution in [0, 0.1) is 0 Å². The van der Waals surface area contributed by atoms with Crippen LogP contribution in [0.3, 0.4) is 0 Å². The highest BCUT2D eigenvalue weighted by atomic mass is 35.5. The van der Waals surface area contributed by atoms with Crippen LogP contribution in [0.15, 0.2) is 53.5 Å². The van der Waals surface area contributed by atoms with Gasteiger partial charge in [-0.3, -0.25) is 4.99 Å². The lowest BCUT2D eigenvalue weighted by atomic mass is 10.2. The third-order valence-corrected chi connectivity index (χ3v) is 4.10. The molecule has 2 aromatic rings. The van der Waals surface area contributed by atoms with Crippen molar-refractivity contribution in [1.29, 1.82) is 0 Å². The average Bonchev–Trinajstić information content (AvgIpc) is 2.62. The van der Waals surface area contributed by atoms with Gasteiger partial charge in [0.2, 0.25) is 0 Å². The molecule has 0 atom stereocenters. The number of ether oxygens (including phenoxy) is 1. The molecule has 0 aliphatic heterocycles. The molecule has 3 N–H and O–H groups in total. The smallest absolute Gasteiger partial charge is 0.193 e. The number of halogens is 1. The van der Waals surface area contributed by atoms with Crippen LogP contribution in [-0.2, 0) is 0 Å². The van der Waals surface area contributed by atoms with Gasteiger partial charge in [-0.1, -0.05) is 29.8 Å². The molecule has 0 spiro atoms. The van der Waals surface area contributed by atoms with Crippen molar-refractivity contribution in [2.45, 2.75) is 12.8 Å². The lowest BCUT2D eigenvalue weighted by Gasteiger charge is -2.18. The van der Waals surface area contributed by atoms with Crippen LogP contribution in [-0.4, -0.2) is 33.2 Å². The van der Waals surface area contributed by atoms with E-state index in [1.807, 2.05) is 24.3 Å². The van der Waals surface area contributed by atoms with Gasteiger partial charge in [-0.25, -0.2) is 0 Å². The number of para-hydroxylation sites is 1. The van der Waals surface area contributed by atoms with E-state index in [9.17, 15) is 0 Å². The number of nitrogens with zero attached hydrogens (tertiary/aromatic N) is 2. The summed E-state index contributed by atoms with van der Waals surface area (Å²) in [4.78, 5) is 6.59. The molecule has 0 fully saturated rings. The number of guanidine groups is 1. The zero-order chi connectivity index (χ0) is 18.1. The lowest BCUT2D eigenvalue weighted by molar-refractivity contribution is 0.415. The maximum atomic E-state index is 6.09. The largest absolute Gasteiger partial charge is 0.495 e. The van der Waals surface area contributed by atoms with Crippen molar-refractivity contribution >= 4 is 28.9 Å². The Kier molecular flexibility index (Phi) is 7.41. The molecule has 134 valence electrons. The Hall–Kier alpha value is -2.40. The molecular formula is C19H25ClN4O. The summed E-state index contributed by atoms with van der Waals surface area (Å²) in [5, 5.41) is 3.57. The topological polar surface area (TPSA) is 62.9 Å². The summed E-state index contributed by atoms with van der Waals surface area (Å²) >= 11 is 6.09. The van der Waals surface area contributed by atoms with E-state index in [0.717, 1.165) is 25.1 Å². The summed E-state index contributed by atoms with van der Waals surface area (Å²) in [5.74, 6) is 1.02. The van der Waals surface area contributed by atoms with Crippen LogP contribution >= 0.6 is 11.6 Å². The van der Waals surface area contributed by atoms with E-state index in [4.69, 9.17) is 22.1 Å². The van der Waals surface area contributed by atoms with Gasteiger partial charge in [0.05, 0.1) is 12.1 Å². The van der Waals surface area contributed by atoms with Gasteiger partial charge in [0.1, 0.15) is 5.75 Å². The summed E-state index contributed by atoms with van der Waals surface area (Å²) in [5.41, 5.74) is 7.93. The number of nitrogens with two attached hydrogens (primary N) is 1. The second kappa shape index (κ2) is 9.79. The minimum atomic E-state index is 0.387. The van der Waals surface area contributed by atoms with Gasteiger partial charge in [-0.2, -0.15) is 0 Å². The monoisotopic (exact) mass is 360 g/mol. The van der Waals surface area contributed by atoms with Crippen molar-refractivity contribution in [3.8, 4) is 5.75 Å². The highest BCUT2D eigenvalue weighted by molar-refractivity contribution is 6.32. The van der Waals surface area contributed by atoms with Crippen LogP contribution in [0.4, 0.5) is 11.4 Å². The zero-order valence-electron chi connectivity index (χ0n) is 14.7. The molecule has 0 amide bonds. The van der Waals surface area contributed by atoms with Gasteiger partial charge in [-0.15, -0.1) is 0 Å². The van der Waals surface area contributed by atoms with Crippen molar-refractivity contribution in [2.24, 2.45) is 10.7 Å². The summed E-state index contributed by atoms with van der Waals surface area (Å²) in [6.45, 7) is 1.67. The molecule has 0 aromatic heterocycles. The fraction of sp³-hybridized carbons (Fsp3) is 0.316. The van der Waals surface area contributed by atoms with Crippen molar-refractivity contribution in [1.82, 2.24) is 0 Å². The number of hydrogen-bond acceptors (Lipinski definition) is 3. The van der Waals surface area contributed by atoms with E-state index in [-0.39, 0.29) is 0 Å². The third kappa shape index (κ3) is 6.19. The Balaban J connectivity index is 1.72. The summed E-state index contributed by atoms with van der Waals surface area (Å²) in [7, 11) is 3.68. The maximum absolute atomic E-state index is 6.09. The van der Waals surface area contributed by atoms with E-state index in [2.05, 4.69) is 34.4 Å². The van der Waals surface area contributed by atoms with Crippen LogP contribution in [0.5, 0.6) is 5.75 Å². The van der Waals surface area contributed by atoms with E-state index < -0.39 is 0 Å². The number of unbranched alkanes of at least 4 members (excludes halogenated alkanes) is 1. The van der Waals surface area contributed by atoms with E-state index in [1.165, 1.54) is 5.69 Å². The van der Waals surface area contributed by atoms with Crippen molar-refractivity contribution in [3.05, 3.63) is 53.6 Å². The van der Waals surface area contributed by atoms with Gasteiger partial charge >= 0.3 is 0 Å². The fourth-order valence-electron chi connectivity index (χ4n) is 2.40. The van der Waals surface area contributed by atoms with Crippen LogP contribution in [0.25, 0.3) is 0 Å². The lowest BCUT2D eigenvalue weighted by Crippen LogP contribution is -2.23. The Labute approximate surface area is 154 Å². The summed E-state index contributed by atoms with van der Waals surface area (Å²) in [6, 6.07) is 15.7. The summed E-state index contributed by atoms with van der Waals surface area (Å²) in [6.07, 6.45) is 2.03. The molecule has 0 saturated heterocycles. The number of rotatable bonds is 8. The molecule has 5 nitrogen and oxygen atoms in total. The molecule has 0 aliphatic rings. The quantitative estimate of drug-likeness (QED) is 0.424. The molecule has 0 saturated carbocycles. The molecule has 0 radical (unpaired) electrons. The van der Waals surface area contributed by atoms with Crippen LogP contribution in [0.2, 0.25) is 5.02 Å². The van der Waals surface area contributed by atoms with E-state index in [0.29, 0.717) is 23.3 Å². The molecule has 25 heavy (non-hydrogen) atoms. The van der Waals surface area contributed by atoms with Crippen molar-refractivity contribution < 1.29 is 4.74 Å². The molecule has 0 aliphatic carbocycles. The normalized spacial score (nSPS) is 11.2. The van der Waals surface area contributed by atoms with Crippen molar-refractivity contribution in [3.63, 3.8) is 0 Å². The SMILES string of the molecule is COc1ccc(NC(N)=NCCCCN(C)c2ccccc2)cc1Cl. The second-order valence-corrected chi connectivity index (χ2v) is 6.11. The number of aliphatic imine (C=N–C) groups is 1. The highest BCUT2D eigenvalue weighted by Gasteiger charge is 2.03. The first-order chi connectivity index (χ1) is 12.1. The number of hydrogen-bond donors (Lipinski definition) is 2. The number of benzene rings is 2. The third-order valence-electron chi connectivity index (χ3n) is 3.80. The Morgan fingerprint density at radius 2 is 1.96 bits per heavy atom. The Morgan fingerprint density at radius 3 is 2.64 bits per heavy atom. The highest BCUT2D eigenvalue weighted by Crippen LogP contribution is 2.27. The predicted molar refractivity (Wildman–Crippen MR) is 107 cm³/mol. The van der Waals surface area contributed by atoms with Crippen LogP contribution < -0.4 is 20.7 Å². The molecule has 0 unspecified atom stereocenters. The van der Waals surface area contributed by atoms with Gasteiger partial charge in [0.25, 0.3) is 0 Å². The maximum Gasteiger partial charge on any atom is 0.193 e. The minimum absolute atomic E-state index is 0.387. The molecule has 6 heteroatoms. The fourth-order valence-corrected chi connectivity index (χ4v) is 2.66. The molecule has 0 bridgehead atoms. The predicted octanol–water partition coefficient (Wildman–Crippen LogP) is 3.99. The first kappa shape index (κ1) is 18.9. The molecular weight excluding hydrogens is 336 g/mol. The standard InChI is InChI=1S/C19H25ClN4O/c1-24(16-8-4-3-5-9-16)13-7-6-12-22-19(21)23-15-10-11-18(25-2)17(20)14-15/h3-5,8-11,14H,6-7,12-13H2,1-2H3,(H3,21,22,23). The number of anilines is 2. The first-order valence-corrected chi connectivity index (χ1v) is 8.64. The Morgan fingerprint density at radius 1 is 1.20 bits per heavy atom. The second-order valence-electron chi connectivity index (χ2n) is 5.71. The average molecular weight is 361 g/mol. The Bertz CT molecular complexity index is 691.